The molecule has 3 rings (SSSR count). The van der Waals surface area contributed by atoms with Crippen LogP contribution in [-0.2, 0) is 0 Å². The van der Waals surface area contributed by atoms with Crippen molar-refractivity contribution in [2.75, 3.05) is 0 Å². The lowest BCUT2D eigenvalue weighted by Crippen LogP contribution is -1.98. The largest absolute Gasteiger partial charge is 0.193 e. The molecule has 0 radical (unpaired) electrons. The summed E-state index contributed by atoms with van der Waals surface area (Å²) in [6.07, 6.45) is 3.82. The number of para-hydroxylation sites is 1. The van der Waals surface area contributed by atoms with Crippen LogP contribution in [0.2, 0.25) is 5.02 Å². The lowest BCUT2D eigenvalue weighted by Gasteiger charge is -2.00. The zero-order valence-electron chi connectivity index (χ0n) is 10.5. The van der Waals surface area contributed by atoms with Crippen molar-refractivity contribution < 1.29 is 0 Å². The zero-order chi connectivity index (χ0) is 13.8. The summed E-state index contributed by atoms with van der Waals surface area (Å²) in [6, 6.07) is 17.3. The maximum Gasteiger partial charge on any atom is 0.179 e. The van der Waals surface area contributed by atoms with Crippen LogP contribution in [-0.4, -0.2) is 20.2 Å². The fraction of sp³-hybridized carbons (Fsp3) is 0. The summed E-state index contributed by atoms with van der Waals surface area (Å²) in [6.45, 7) is 0. The van der Waals surface area contributed by atoms with Gasteiger partial charge in [0, 0.05) is 5.02 Å². The Morgan fingerprint density at radius 2 is 1.65 bits per heavy atom. The van der Waals surface area contributed by atoms with Gasteiger partial charge in [0.25, 0.3) is 0 Å². The Kier molecular flexibility index (Phi) is 3.56. The average Bonchev–Trinajstić information content (AvgIpc) is 2.96. The van der Waals surface area contributed by atoms with Gasteiger partial charge < -0.3 is 0 Å². The number of halogens is 1. The molecule has 0 fully saturated rings. The van der Waals surface area contributed by atoms with Crippen LogP contribution >= 0.6 is 11.6 Å². The molecule has 0 atom stereocenters. The molecule has 20 heavy (non-hydrogen) atoms. The smallest absolute Gasteiger partial charge is 0.179 e. The normalized spacial score (nSPS) is 11.1. The number of aromatic nitrogens is 4. The predicted octanol–water partition coefficient (Wildman–Crippen LogP) is 3.49. The Labute approximate surface area is 121 Å². The van der Waals surface area contributed by atoms with Crippen molar-refractivity contribution in [3.05, 3.63) is 71.0 Å². The molecule has 0 aliphatic carbocycles. The lowest BCUT2D eigenvalue weighted by atomic mass is 10.2. The minimum absolute atomic E-state index is 0.672. The summed E-state index contributed by atoms with van der Waals surface area (Å²) in [5.41, 5.74) is 1.96. The Morgan fingerprint density at radius 3 is 2.40 bits per heavy atom. The minimum Gasteiger partial charge on any atom is -0.193 e. The fourth-order valence-corrected chi connectivity index (χ4v) is 1.92. The van der Waals surface area contributed by atoms with E-state index in [9.17, 15) is 0 Å². The number of tetrazole rings is 1. The third kappa shape index (κ3) is 2.75. The van der Waals surface area contributed by atoms with E-state index < -0.39 is 0 Å². The molecule has 5 heteroatoms. The summed E-state index contributed by atoms with van der Waals surface area (Å²) >= 11 is 5.86. The summed E-state index contributed by atoms with van der Waals surface area (Å²) in [7, 11) is 0. The maximum absolute atomic E-state index is 5.86. The number of hydrogen-bond donors (Lipinski definition) is 0. The molecule has 0 spiro atoms. The quantitative estimate of drug-likeness (QED) is 0.738. The van der Waals surface area contributed by atoms with Crippen molar-refractivity contribution in [3.8, 4) is 5.69 Å². The highest BCUT2D eigenvalue weighted by Gasteiger charge is 2.03. The maximum atomic E-state index is 5.86. The van der Waals surface area contributed by atoms with E-state index in [0.29, 0.717) is 5.82 Å². The Bertz CT molecular complexity index is 717. The lowest BCUT2D eigenvalue weighted by molar-refractivity contribution is 0.787. The molecule has 1 aromatic heterocycles. The van der Waals surface area contributed by atoms with Crippen LogP contribution in [0.4, 0.5) is 0 Å². The van der Waals surface area contributed by atoms with Crippen molar-refractivity contribution in [3.63, 3.8) is 0 Å². The Hall–Kier alpha value is -2.46. The van der Waals surface area contributed by atoms with E-state index in [-0.39, 0.29) is 0 Å². The topological polar surface area (TPSA) is 43.6 Å². The second-order valence-electron chi connectivity index (χ2n) is 4.17. The van der Waals surface area contributed by atoms with Crippen molar-refractivity contribution in [1.29, 1.82) is 0 Å². The van der Waals surface area contributed by atoms with Gasteiger partial charge in [-0.3, -0.25) is 0 Å². The first-order chi connectivity index (χ1) is 9.83. The third-order valence-corrected chi connectivity index (χ3v) is 3.04. The first-order valence-corrected chi connectivity index (χ1v) is 6.48. The molecule has 0 amide bonds. The summed E-state index contributed by atoms with van der Waals surface area (Å²) in [5.74, 6) is 0.672. The standard InChI is InChI=1S/C15H11ClN4/c16-13-9-6-12(7-10-13)8-11-15-17-18-19-20(15)14-4-2-1-3-5-14/h1-11H. The van der Waals surface area contributed by atoms with E-state index >= 15 is 0 Å². The number of nitrogens with zero attached hydrogens (tertiary/aromatic N) is 4. The summed E-state index contributed by atoms with van der Waals surface area (Å²) in [5, 5.41) is 12.4. The van der Waals surface area contributed by atoms with Crippen LogP contribution in [0.1, 0.15) is 11.4 Å². The van der Waals surface area contributed by atoms with E-state index in [0.717, 1.165) is 16.3 Å². The van der Waals surface area contributed by atoms with Gasteiger partial charge >= 0.3 is 0 Å². The van der Waals surface area contributed by atoms with Gasteiger partial charge in [-0.25, -0.2) is 0 Å². The van der Waals surface area contributed by atoms with Crippen LogP contribution in [0.15, 0.2) is 54.6 Å². The molecule has 0 aliphatic heterocycles. The molecular formula is C15H11ClN4. The second-order valence-corrected chi connectivity index (χ2v) is 4.61. The van der Waals surface area contributed by atoms with Crippen LogP contribution in [0.25, 0.3) is 17.8 Å². The van der Waals surface area contributed by atoms with Gasteiger partial charge in [0.05, 0.1) is 5.69 Å². The second kappa shape index (κ2) is 5.67. The number of rotatable bonds is 3. The van der Waals surface area contributed by atoms with Gasteiger partial charge in [0.1, 0.15) is 0 Å². The van der Waals surface area contributed by atoms with Crippen LogP contribution in [0, 0.1) is 0 Å². The molecule has 2 aromatic carbocycles. The zero-order valence-corrected chi connectivity index (χ0v) is 11.3. The van der Waals surface area contributed by atoms with Gasteiger partial charge in [-0.1, -0.05) is 48.0 Å². The molecule has 0 saturated carbocycles. The average molecular weight is 283 g/mol. The molecule has 3 aromatic rings. The molecule has 4 nitrogen and oxygen atoms in total. The van der Waals surface area contributed by atoms with Gasteiger partial charge in [-0.05, 0) is 46.3 Å². The molecule has 0 saturated heterocycles. The van der Waals surface area contributed by atoms with Crippen molar-refractivity contribution in [1.82, 2.24) is 20.2 Å². The first-order valence-electron chi connectivity index (χ1n) is 6.10. The molecule has 98 valence electrons. The molecule has 0 unspecified atom stereocenters. The van der Waals surface area contributed by atoms with Gasteiger partial charge in [0.15, 0.2) is 5.82 Å². The Balaban J connectivity index is 1.89. The van der Waals surface area contributed by atoms with E-state index in [1.54, 1.807) is 4.68 Å². The van der Waals surface area contributed by atoms with Crippen LogP contribution in [0.5, 0.6) is 0 Å². The van der Waals surface area contributed by atoms with Gasteiger partial charge in [-0.2, -0.15) is 4.68 Å². The minimum atomic E-state index is 0.672. The number of benzene rings is 2. The predicted molar refractivity (Wildman–Crippen MR) is 79.5 cm³/mol. The summed E-state index contributed by atoms with van der Waals surface area (Å²) in [4.78, 5) is 0. The SMILES string of the molecule is Clc1ccc(C=Cc2nnnn2-c2ccccc2)cc1. The van der Waals surface area contributed by atoms with Gasteiger partial charge in [0.2, 0.25) is 0 Å². The fourth-order valence-electron chi connectivity index (χ4n) is 1.80. The van der Waals surface area contributed by atoms with Crippen molar-refractivity contribution in [2.45, 2.75) is 0 Å². The third-order valence-electron chi connectivity index (χ3n) is 2.79. The van der Waals surface area contributed by atoms with Crippen LogP contribution < -0.4 is 0 Å². The molecular weight excluding hydrogens is 272 g/mol. The van der Waals surface area contributed by atoms with Crippen molar-refractivity contribution in [2.24, 2.45) is 0 Å². The summed E-state index contributed by atoms with van der Waals surface area (Å²) < 4.78 is 1.69. The van der Waals surface area contributed by atoms with Crippen molar-refractivity contribution >= 4 is 23.8 Å². The van der Waals surface area contributed by atoms with Gasteiger partial charge in [-0.15, -0.1) is 5.10 Å². The highest BCUT2D eigenvalue weighted by atomic mass is 35.5. The van der Waals surface area contributed by atoms with E-state index in [4.69, 9.17) is 11.6 Å². The van der Waals surface area contributed by atoms with E-state index in [1.807, 2.05) is 66.7 Å². The highest BCUT2D eigenvalue weighted by Crippen LogP contribution is 2.13. The van der Waals surface area contributed by atoms with E-state index in [2.05, 4.69) is 15.5 Å². The van der Waals surface area contributed by atoms with Crippen LogP contribution in [0.3, 0.4) is 0 Å². The molecule has 0 aliphatic rings. The van der Waals surface area contributed by atoms with E-state index in [1.165, 1.54) is 0 Å². The molecule has 1 heterocycles. The first kappa shape index (κ1) is 12.6. The highest BCUT2D eigenvalue weighted by molar-refractivity contribution is 6.30. The molecule has 0 N–H and O–H groups in total. The Morgan fingerprint density at radius 1 is 0.900 bits per heavy atom. The molecule has 0 bridgehead atoms. The number of hydrogen-bond acceptors (Lipinski definition) is 3. The monoisotopic (exact) mass is 282 g/mol.